The van der Waals surface area contributed by atoms with Crippen molar-refractivity contribution in [1.29, 1.82) is 0 Å². The zero-order valence-electron chi connectivity index (χ0n) is 18.6. The molecule has 8 rings (SSSR count). The minimum absolute atomic E-state index is 0.234. The molecule has 34 heavy (non-hydrogen) atoms. The first-order valence-corrected chi connectivity index (χ1v) is 11.9. The maximum Gasteiger partial charge on any atom is 0.248 e. The number of hydrogen-bond acceptors (Lipinski definition) is 1. The molecule has 2 aliphatic rings. The van der Waals surface area contributed by atoms with Crippen LogP contribution in [0.3, 0.4) is 0 Å². The molecule has 0 saturated heterocycles. The second kappa shape index (κ2) is 6.62. The van der Waals surface area contributed by atoms with Gasteiger partial charge in [-0.25, -0.2) is 0 Å². The van der Waals surface area contributed by atoms with Crippen LogP contribution < -0.4 is 21.3 Å². The Hall–Kier alpha value is -4.30. The Morgan fingerprint density at radius 2 is 1.15 bits per heavy atom. The molecule has 0 aromatic heterocycles. The third kappa shape index (κ3) is 2.30. The minimum Gasteiger partial charge on any atom is -0.311 e. The molecule has 0 fully saturated rings. The van der Waals surface area contributed by atoms with Gasteiger partial charge in [-0.2, -0.15) is 0 Å². The zero-order chi connectivity index (χ0) is 22.2. The lowest BCUT2D eigenvalue weighted by molar-refractivity contribution is 1.30. The van der Waals surface area contributed by atoms with E-state index in [1.807, 2.05) is 0 Å². The van der Waals surface area contributed by atoms with Crippen molar-refractivity contribution in [3.8, 4) is 11.1 Å². The summed E-state index contributed by atoms with van der Waals surface area (Å²) in [5.74, 6) is 0. The van der Waals surface area contributed by atoms with Crippen LogP contribution in [0.1, 0.15) is 0 Å². The summed E-state index contributed by atoms with van der Waals surface area (Å²) in [6.45, 7) is 0.234. The van der Waals surface area contributed by atoms with E-state index in [1.165, 1.54) is 66.1 Å². The molecule has 156 valence electrons. The maximum absolute atomic E-state index is 2.46. The Morgan fingerprint density at radius 1 is 0.471 bits per heavy atom. The van der Waals surface area contributed by atoms with Crippen molar-refractivity contribution in [2.45, 2.75) is 0 Å². The average molecular weight is 429 g/mol. The summed E-state index contributed by atoms with van der Waals surface area (Å²) in [4.78, 5) is 2.46. The number of rotatable bonds is 1. The summed E-state index contributed by atoms with van der Waals surface area (Å²) < 4.78 is 0. The van der Waals surface area contributed by atoms with Crippen LogP contribution in [0, 0.1) is 0 Å². The van der Waals surface area contributed by atoms with Crippen LogP contribution in [0.5, 0.6) is 0 Å². The monoisotopic (exact) mass is 429 g/mol. The Labute approximate surface area is 199 Å². The molecule has 2 heteroatoms. The minimum atomic E-state index is 0.234. The number of anilines is 3. The van der Waals surface area contributed by atoms with Crippen molar-refractivity contribution in [3.05, 3.63) is 121 Å². The Balaban J connectivity index is 1.49. The van der Waals surface area contributed by atoms with Gasteiger partial charge in [-0.1, -0.05) is 103 Å². The van der Waals surface area contributed by atoms with Gasteiger partial charge in [-0.3, -0.25) is 0 Å². The summed E-state index contributed by atoms with van der Waals surface area (Å²) in [7, 11) is 0. The van der Waals surface area contributed by atoms with Gasteiger partial charge in [0.1, 0.15) is 0 Å². The summed E-state index contributed by atoms with van der Waals surface area (Å²) in [5.41, 5.74) is 10.7. The highest BCUT2D eigenvalue weighted by Gasteiger charge is 2.40. The van der Waals surface area contributed by atoms with Gasteiger partial charge in [0.25, 0.3) is 0 Å². The maximum atomic E-state index is 2.46. The molecule has 0 aliphatic carbocycles. The van der Waals surface area contributed by atoms with Gasteiger partial charge in [-0.05, 0) is 67.9 Å². The van der Waals surface area contributed by atoms with E-state index in [1.54, 1.807) is 0 Å². The highest BCUT2D eigenvalue weighted by molar-refractivity contribution is 7.00. The number of fused-ring (bicyclic) bond motifs is 5. The molecule has 0 N–H and O–H groups in total. The lowest BCUT2D eigenvalue weighted by atomic mass is 9.32. The van der Waals surface area contributed by atoms with Crippen LogP contribution >= 0.6 is 0 Å². The largest absolute Gasteiger partial charge is 0.311 e. The Kier molecular flexibility index (Phi) is 3.54. The molecule has 1 nitrogen and oxygen atoms in total. The van der Waals surface area contributed by atoms with Crippen LogP contribution in [0.25, 0.3) is 32.7 Å². The van der Waals surface area contributed by atoms with Crippen molar-refractivity contribution in [2.75, 3.05) is 4.90 Å². The molecule has 2 aliphatic heterocycles. The first-order valence-electron chi connectivity index (χ1n) is 11.9. The van der Waals surface area contributed by atoms with E-state index in [-0.39, 0.29) is 6.71 Å². The van der Waals surface area contributed by atoms with Crippen molar-refractivity contribution < 1.29 is 0 Å². The molecule has 0 saturated carbocycles. The van der Waals surface area contributed by atoms with E-state index in [4.69, 9.17) is 0 Å². The molecule has 0 unspecified atom stereocenters. The van der Waals surface area contributed by atoms with E-state index in [9.17, 15) is 0 Å². The smallest absolute Gasteiger partial charge is 0.248 e. The number of hydrogen-bond donors (Lipinski definition) is 0. The van der Waals surface area contributed by atoms with E-state index in [2.05, 4.69) is 126 Å². The fraction of sp³-hybridized carbons (Fsp3) is 0. The summed E-state index contributed by atoms with van der Waals surface area (Å²) in [6, 6.07) is 44.7. The second-order valence-electron chi connectivity index (χ2n) is 9.35. The normalized spacial score (nSPS) is 13.2. The number of para-hydroxylation sites is 1. The predicted octanol–water partition coefficient (Wildman–Crippen LogP) is 6.27. The standard InChI is InChI=1S/C32H20BN/c1-2-9-23-20-24(19-18-21(23)8-1)34-29-16-4-3-14-27(29)33-28-15-6-11-22-10-5-12-25(31(22)28)26-13-7-17-30(34)32(26)33/h1-20H. The van der Waals surface area contributed by atoms with Crippen LogP contribution in [0.15, 0.2) is 121 Å². The van der Waals surface area contributed by atoms with Gasteiger partial charge in [0.2, 0.25) is 6.71 Å². The third-order valence-electron chi connectivity index (χ3n) is 7.63. The fourth-order valence-electron chi connectivity index (χ4n) is 6.26. The molecule has 0 amide bonds. The first kappa shape index (κ1) is 18.2. The summed E-state index contributed by atoms with van der Waals surface area (Å²) in [6.07, 6.45) is 0. The summed E-state index contributed by atoms with van der Waals surface area (Å²) in [5, 5.41) is 5.25. The van der Waals surface area contributed by atoms with Gasteiger partial charge in [0, 0.05) is 17.1 Å². The quantitative estimate of drug-likeness (QED) is 0.278. The molecular weight excluding hydrogens is 409 g/mol. The first-order chi connectivity index (χ1) is 16.9. The van der Waals surface area contributed by atoms with Crippen LogP contribution in [0.2, 0.25) is 0 Å². The molecular formula is C32H20BN. The van der Waals surface area contributed by atoms with Gasteiger partial charge in [0.05, 0.1) is 0 Å². The Bertz CT molecular complexity index is 1780. The molecule has 0 bridgehead atoms. The van der Waals surface area contributed by atoms with Gasteiger partial charge in [0.15, 0.2) is 0 Å². The fourth-order valence-corrected chi connectivity index (χ4v) is 6.26. The predicted molar refractivity (Wildman–Crippen MR) is 146 cm³/mol. The SMILES string of the molecule is c1ccc2c(c1)B1c3c(cccc3N2c2ccc3ccccc3c2)-c2cccc3cccc1c23. The van der Waals surface area contributed by atoms with Gasteiger partial charge >= 0.3 is 0 Å². The summed E-state index contributed by atoms with van der Waals surface area (Å²) >= 11 is 0. The molecule has 0 spiro atoms. The highest BCUT2D eigenvalue weighted by atomic mass is 15.1. The van der Waals surface area contributed by atoms with Crippen LogP contribution in [0.4, 0.5) is 17.1 Å². The topological polar surface area (TPSA) is 3.24 Å². The average Bonchev–Trinajstić information content (AvgIpc) is 2.90. The van der Waals surface area contributed by atoms with Crippen molar-refractivity contribution >= 4 is 61.7 Å². The zero-order valence-corrected chi connectivity index (χ0v) is 18.6. The lowest BCUT2D eigenvalue weighted by Crippen LogP contribution is -2.59. The number of benzene rings is 6. The van der Waals surface area contributed by atoms with Crippen molar-refractivity contribution in [1.82, 2.24) is 0 Å². The third-order valence-corrected chi connectivity index (χ3v) is 7.63. The van der Waals surface area contributed by atoms with E-state index < -0.39 is 0 Å². The van der Waals surface area contributed by atoms with E-state index in [0.717, 1.165) is 0 Å². The van der Waals surface area contributed by atoms with Crippen LogP contribution in [-0.2, 0) is 0 Å². The number of nitrogens with zero attached hydrogens (tertiary/aromatic N) is 1. The second-order valence-corrected chi connectivity index (χ2v) is 9.35. The molecule has 0 atom stereocenters. The van der Waals surface area contributed by atoms with E-state index in [0.29, 0.717) is 0 Å². The Morgan fingerprint density at radius 3 is 2.09 bits per heavy atom. The molecule has 2 heterocycles. The van der Waals surface area contributed by atoms with Crippen molar-refractivity contribution in [2.24, 2.45) is 0 Å². The highest BCUT2D eigenvalue weighted by Crippen LogP contribution is 2.41. The lowest BCUT2D eigenvalue weighted by Gasteiger charge is -2.40. The van der Waals surface area contributed by atoms with Gasteiger partial charge < -0.3 is 4.90 Å². The molecule has 0 radical (unpaired) electrons. The van der Waals surface area contributed by atoms with Crippen LogP contribution in [-0.4, -0.2) is 6.71 Å². The van der Waals surface area contributed by atoms with E-state index >= 15 is 0 Å². The molecule has 6 aromatic carbocycles. The van der Waals surface area contributed by atoms with Crippen molar-refractivity contribution in [3.63, 3.8) is 0 Å². The molecule has 6 aromatic rings. The van der Waals surface area contributed by atoms with Gasteiger partial charge in [-0.15, -0.1) is 0 Å².